The summed E-state index contributed by atoms with van der Waals surface area (Å²) >= 11 is 0. The quantitative estimate of drug-likeness (QED) is 0.891. The van der Waals surface area contributed by atoms with E-state index in [2.05, 4.69) is 61.6 Å². The summed E-state index contributed by atoms with van der Waals surface area (Å²) in [7, 11) is 0. The molecule has 104 valence electrons. The molecule has 2 N–H and O–H groups in total. The van der Waals surface area contributed by atoms with Crippen LogP contribution >= 0.6 is 0 Å². The molecular formula is C18H21NO. The SMILES string of the molecule is Cc1ccc(NC2(CO)CCc3ccc(C)cc32)cc1. The zero-order chi connectivity index (χ0) is 14.2. The molecular weight excluding hydrogens is 246 g/mol. The summed E-state index contributed by atoms with van der Waals surface area (Å²) < 4.78 is 0. The molecule has 20 heavy (non-hydrogen) atoms. The molecule has 0 saturated carbocycles. The third-order valence-electron chi connectivity index (χ3n) is 4.31. The topological polar surface area (TPSA) is 32.3 Å². The fourth-order valence-electron chi connectivity index (χ4n) is 3.08. The van der Waals surface area contributed by atoms with Gasteiger partial charge < -0.3 is 10.4 Å². The smallest absolute Gasteiger partial charge is 0.0862 e. The lowest BCUT2D eigenvalue weighted by atomic mass is 9.91. The largest absolute Gasteiger partial charge is 0.394 e. The molecule has 3 rings (SSSR count). The predicted octanol–water partition coefficient (Wildman–Crippen LogP) is 3.55. The van der Waals surface area contributed by atoms with E-state index >= 15 is 0 Å². The molecule has 0 radical (unpaired) electrons. The maximum atomic E-state index is 10.0. The number of hydrogen-bond acceptors (Lipinski definition) is 2. The average Bonchev–Trinajstić information content (AvgIpc) is 2.80. The number of hydrogen-bond donors (Lipinski definition) is 2. The van der Waals surface area contributed by atoms with Gasteiger partial charge in [0.25, 0.3) is 0 Å². The van der Waals surface area contributed by atoms with Gasteiger partial charge in [0.15, 0.2) is 0 Å². The Morgan fingerprint density at radius 1 is 1.05 bits per heavy atom. The molecule has 2 heteroatoms. The maximum Gasteiger partial charge on any atom is 0.0862 e. The molecule has 0 aliphatic heterocycles. The van der Waals surface area contributed by atoms with Crippen LogP contribution in [0.4, 0.5) is 5.69 Å². The van der Waals surface area contributed by atoms with E-state index < -0.39 is 0 Å². The summed E-state index contributed by atoms with van der Waals surface area (Å²) in [6, 6.07) is 14.9. The minimum Gasteiger partial charge on any atom is -0.394 e. The van der Waals surface area contributed by atoms with Gasteiger partial charge >= 0.3 is 0 Å². The summed E-state index contributed by atoms with van der Waals surface area (Å²) in [6.07, 6.45) is 1.96. The third kappa shape index (κ3) is 2.20. The number of fused-ring (bicyclic) bond motifs is 1. The van der Waals surface area contributed by atoms with Crippen molar-refractivity contribution in [3.05, 3.63) is 64.7 Å². The van der Waals surface area contributed by atoms with Crippen molar-refractivity contribution in [1.82, 2.24) is 0 Å². The predicted molar refractivity (Wildman–Crippen MR) is 83.1 cm³/mol. The number of benzene rings is 2. The van der Waals surface area contributed by atoms with Crippen LogP contribution in [0, 0.1) is 13.8 Å². The lowest BCUT2D eigenvalue weighted by molar-refractivity contribution is 0.211. The third-order valence-corrected chi connectivity index (χ3v) is 4.31. The van der Waals surface area contributed by atoms with E-state index in [1.165, 1.54) is 22.3 Å². The number of nitrogens with one attached hydrogen (secondary N) is 1. The minimum atomic E-state index is -0.337. The van der Waals surface area contributed by atoms with Crippen LogP contribution in [0.5, 0.6) is 0 Å². The van der Waals surface area contributed by atoms with Gasteiger partial charge in [-0.15, -0.1) is 0 Å². The highest BCUT2D eigenvalue weighted by molar-refractivity contribution is 5.53. The fourth-order valence-corrected chi connectivity index (χ4v) is 3.08. The lowest BCUT2D eigenvalue weighted by Gasteiger charge is -2.31. The number of aliphatic hydroxyl groups is 1. The number of aryl methyl sites for hydroxylation is 3. The van der Waals surface area contributed by atoms with Gasteiger partial charge in [-0.05, 0) is 49.9 Å². The van der Waals surface area contributed by atoms with Crippen LogP contribution in [0.1, 0.15) is 28.7 Å². The number of anilines is 1. The van der Waals surface area contributed by atoms with Crippen molar-refractivity contribution in [3.63, 3.8) is 0 Å². The number of rotatable bonds is 3. The first-order chi connectivity index (χ1) is 9.63. The van der Waals surface area contributed by atoms with Gasteiger partial charge in [-0.1, -0.05) is 41.5 Å². The Morgan fingerprint density at radius 3 is 2.45 bits per heavy atom. The molecule has 1 aliphatic carbocycles. The molecule has 2 aromatic rings. The van der Waals surface area contributed by atoms with E-state index in [4.69, 9.17) is 0 Å². The Bertz CT molecular complexity index is 618. The van der Waals surface area contributed by atoms with Gasteiger partial charge in [0, 0.05) is 5.69 Å². The van der Waals surface area contributed by atoms with Crippen molar-refractivity contribution in [2.45, 2.75) is 32.2 Å². The van der Waals surface area contributed by atoms with E-state index in [9.17, 15) is 5.11 Å². The van der Waals surface area contributed by atoms with Crippen LogP contribution in [-0.2, 0) is 12.0 Å². The zero-order valence-corrected chi connectivity index (χ0v) is 12.1. The molecule has 1 unspecified atom stereocenters. The summed E-state index contributed by atoms with van der Waals surface area (Å²) in [6.45, 7) is 4.31. The molecule has 0 amide bonds. The second-order valence-electron chi connectivity index (χ2n) is 5.89. The molecule has 0 fully saturated rings. The first-order valence-corrected chi connectivity index (χ1v) is 7.19. The molecule has 0 spiro atoms. The van der Waals surface area contributed by atoms with E-state index in [0.717, 1.165) is 18.5 Å². The first kappa shape index (κ1) is 13.2. The van der Waals surface area contributed by atoms with Gasteiger partial charge in [-0.25, -0.2) is 0 Å². The molecule has 1 atom stereocenters. The van der Waals surface area contributed by atoms with Crippen molar-refractivity contribution < 1.29 is 5.11 Å². The second-order valence-corrected chi connectivity index (χ2v) is 5.89. The summed E-state index contributed by atoms with van der Waals surface area (Å²) in [5.41, 5.74) is 5.82. The van der Waals surface area contributed by atoms with E-state index in [0.29, 0.717) is 0 Å². The molecule has 0 heterocycles. The summed E-state index contributed by atoms with van der Waals surface area (Å²) in [5.74, 6) is 0. The van der Waals surface area contributed by atoms with Crippen molar-refractivity contribution >= 4 is 5.69 Å². The molecule has 0 aromatic heterocycles. The standard InChI is InChI=1S/C18H21NO/c1-13-4-7-16(8-5-13)19-18(12-20)10-9-15-6-3-14(2)11-17(15)18/h3-8,11,19-20H,9-10,12H2,1-2H3. The van der Waals surface area contributed by atoms with Crippen LogP contribution in [0.15, 0.2) is 42.5 Å². The number of aliphatic hydroxyl groups excluding tert-OH is 1. The van der Waals surface area contributed by atoms with Crippen LogP contribution < -0.4 is 5.32 Å². The Morgan fingerprint density at radius 2 is 1.75 bits per heavy atom. The normalized spacial score (nSPS) is 20.8. The monoisotopic (exact) mass is 267 g/mol. The van der Waals surface area contributed by atoms with Gasteiger partial charge in [-0.2, -0.15) is 0 Å². The Balaban J connectivity index is 1.98. The highest BCUT2D eigenvalue weighted by Crippen LogP contribution is 2.39. The Labute approximate surface area is 120 Å². The van der Waals surface area contributed by atoms with Crippen LogP contribution in [0.25, 0.3) is 0 Å². The second kappa shape index (κ2) is 4.95. The van der Waals surface area contributed by atoms with Gasteiger partial charge in [0.05, 0.1) is 12.1 Å². The minimum absolute atomic E-state index is 0.122. The Hall–Kier alpha value is -1.80. The summed E-state index contributed by atoms with van der Waals surface area (Å²) in [5, 5.41) is 13.6. The molecule has 0 saturated heterocycles. The van der Waals surface area contributed by atoms with Crippen molar-refractivity contribution in [2.75, 3.05) is 11.9 Å². The zero-order valence-electron chi connectivity index (χ0n) is 12.1. The summed E-state index contributed by atoms with van der Waals surface area (Å²) in [4.78, 5) is 0. The van der Waals surface area contributed by atoms with Crippen LogP contribution in [-0.4, -0.2) is 11.7 Å². The first-order valence-electron chi connectivity index (χ1n) is 7.19. The van der Waals surface area contributed by atoms with E-state index in [1.54, 1.807) is 0 Å². The Kier molecular flexibility index (Phi) is 3.27. The van der Waals surface area contributed by atoms with Gasteiger partial charge in [-0.3, -0.25) is 0 Å². The average molecular weight is 267 g/mol. The van der Waals surface area contributed by atoms with Gasteiger partial charge in [0.2, 0.25) is 0 Å². The van der Waals surface area contributed by atoms with Gasteiger partial charge in [0.1, 0.15) is 0 Å². The van der Waals surface area contributed by atoms with Crippen molar-refractivity contribution in [1.29, 1.82) is 0 Å². The van der Waals surface area contributed by atoms with Crippen molar-refractivity contribution in [3.8, 4) is 0 Å². The molecule has 2 aromatic carbocycles. The van der Waals surface area contributed by atoms with Crippen LogP contribution in [0.3, 0.4) is 0 Å². The highest BCUT2D eigenvalue weighted by Gasteiger charge is 2.38. The molecule has 2 nitrogen and oxygen atoms in total. The fraction of sp³-hybridized carbons (Fsp3) is 0.333. The van der Waals surface area contributed by atoms with E-state index in [1.807, 2.05) is 0 Å². The molecule has 1 aliphatic rings. The van der Waals surface area contributed by atoms with Crippen LogP contribution in [0.2, 0.25) is 0 Å². The van der Waals surface area contributed by atoms with E-state index in [-0.39, 0.29) is 12.1 Å². The lowest BCUT2D eigenvalue weighted by Crippen LogP contribution is -2.37. The molecule has 0 bridgehead atoms. The maximum absolute atomic E-state index is 10.0. The van der Waals surface area contributed by atoms with Crippen molar-refractivity contribution in [2.24, 2.45) is 0 Å². The highest BCUT2D eigenvalue weighted by atomic mass is 16.3.